The van der Waals surface area contributed by atoms with Crippen molar-refractivity contribution in [2.24, 2.45) is 14.1 Å². The Morgan fingerprint density at radius 1 is 1.25 bits per heavy atom. The molecule has 1 fully saturated rings. The first-order valence-corrected chi connectivity index (χ1v) is 11.5. The zero-order valence-electron chi connectivity index (χ0n) is 17.6. The number of benzene rings is 1. The molecule has 11 heteroatoms. The van der Waals surface area contributed by atoms with Crippen molar-refractivity contribution in [3.8, 4) is 11.4 Å². The number of amides is 1. The topological polar surface area (TPSA) is 108 Å². The SMILES string of the molecule is Cn1c(=O)c2c(SCC(=O)NC[C@@H]3CCCO3)nc(-c3ccccc3Cl)nc2n(C)c1=O. The summed E-state index contributed by atoms with van der Waals surface area (Å²) in [4.78, 5) is 46.8. The molecular formula is C21H22ClN5O4S. The molecule has 0 unspecified atom stereocenters. The lowest BCUT2D eigenvalue weighted by Crippen LogP contribution is -2.38. The molecule has 1 N–H and O–H groups in total. The van der Waals surface area contributed by atoms with E-state index in [2.05, 4.69) is 15.3 Å². The summed E-state index contributed by atoms with van der Waals surface area (Å²) in [5, 5.41) is 3.79. The Labute approximate surface area is 192 Å². The summed E-state index contributed by atoms with van der Waals surface area (Å²) in [6.07, 6.45) is 1.96. The Balaban J connectivity index is 1.72. The number of hydrogen-bond acceptors (Lipinski definition) is 7. The third-order valence-electron chi connectivity index (χ3n) is 5.27. The third-order valence-corrected chi connectivity index (χ3v) is 6.58. The molecule has 1 saturated heterocycles. The molecule has 0 bridgehead atoms. The van der Waals surface area contributed by atoms with Crippen LogP contribution in [0.5, 0.6) is 0 Å². The van der Waals surface area contributed by atoms with Gasteiger partial charge in [-0.05, 0) is 25.0 Å². The summed E-state index contributed by atoms with van der Waals surface area (Å²) in [5.41, 5.74) is -0.271. The summed E-state index contributed by atoms with van der Waals surface area (Å²) < 4.78 is 7.82. The summed E-state index contributed by atoms with van der Waals surface area (Å²) in [5.74, 6) is 0.124. The van der Waals surface area contributed by atoms with Gasteiger partial charge in [0.05, 0.1) is 16.9 Å². The normalized spacial score (nSPS) is 15.9. The highest BCUT2D eigenvalue weighted by Gasteiger charge is 2.20. The second-order valence-electron chi connectivity index (χ2n) is 7.46. The van der Waals surface area contributed by atoms with Crippen LogP contribution in [0.3, 0.4) is 0 Å². The summed E-state index contributed by atoms with van der Waals surface area (Å²) in [6, 6.07) is 7.04. The predicted molar refractivity (Wildman–Crippen MR) is 123 cm³/mol. The van der Waals surface area contributed by atoms with Crippen molar-refractivity contribution in [3.05, 3.63) is 50.1 Å². The van der Waals surface area contributed by atoms with Crippen LogP contribution < -0.4 is 16.6 Å². The van der Waals surface area contributed by atoms with E-state index < -0.39 is 11.2 Å². The number of carbonyl (C=O) groups excluding carboxylic acids is 1. The highest BCUT2D eigenvalue weighted by atomic mass is 35.5. The number of aromatic nitrogens is 4. The first kappa shape index (κ1) is 22.5. The van der Waals surface area contributed by atoms with E-state index in [4.69, 9.17) is 16.3 Å². The highest BCUT2D eigenvalue weighted by Crippen LogP contribution is 2.29. The average Bonchev–Trinajstić information content (AvgIpc) is 3.32. The lowest BCUT2D eigenvalue weighted by molar-refractivity contribution is -0.119. The van der Waals surface area contributed by atoms with Gasteiger partial charge in [0.1, 0.15) is 10.4 Å². The number of thioether (sulfide) groups is 1. The van der Waals surface area contributed by atoms with E-state index in [1.165, 1.54) is 18.7 Å². The van der Waals surface area contributed by atoms with Crippen LogP contribution in [0.4, 0.5) is 0 Å². The number of ether oxygens (including phenoxy) is 1. The molecule has 3 heterocycles. The maximum absolute atomic E-state index is 12.9. The minimum Gasteiger partial charge on any atom is -0.376 e. The Bertz CT molecular complexity index is 1300. The van der Waals surface area contributed by atoms with Crippen LogP contribution in [-0.4, -0.2) is 50.0 Å². The van der Waals surface area contributed by atoms with Crippen molar-refractivity contribution >= 4 is 40.3 Å². The van der Waals surface area contributed by atoms with Crippen LogP contribution in [0.2, 0.25) is 5.02 Å². The highest BCUT2D eigenvalue weighted by molar-refractivity contribution is 8.00. The molecule has 0 radical (unpaired) electrons. The molecule has 1 aliphatic heterocycles. The molecule has 4 rings (SSSR count). The monoisotopic (exact) mass is 475 g/mol. The molecule has 168 valence electrons. The van der Waals surface area contributed by atoms with Crippen LogP contribution in [0.1, 0.15) is 12.8 Å². The maximum atomic E-state index is 12.9. The number of nitrogens with zero attached hydrogens (tertiary/aromatic N) is 4. The number of fused-ring (bicyclic) bond motifs is 1. The molecular weight excluding hydrogens is 454 g/mol. The minimum absolute atomic E-state index is 0.0393. The number of rotatable bonds is 6. The smallest absolute Gasteiger partial charge is 0.332 e. The molecule has 32 heavy (non-hydrogen) atoms. The van der Waals surface area contributed by atoms with Gasteiger partial charge in [-0.2, -0.15) is 0 Å². The lowest BCUT2D eigenvalue weighted by atomic mass is 10.2. The van der Waals surface area contributed by atoms with Gasteiger partial charge in [0.2, 0.25) is 5.91 Å². The number of carbonyl (C=O) groups is 1. The van der Waals surface area contributed by atoms with Gasteiger partial charge in [-0.3, -0.25) is 18.7 Å². The number of halogens is 1. The van der Waals surface area contributed by atoms with Crippen molar-refractivity contribution in [1.29, 1.82) is 0 Å². The third kappa shape index (κ3) is 4.43. The van der Waals surface area contributed by atoms with E-state index in [0.29, 0.717) is 22.2 Å². The molecule has 1 amide bonds. The van der Waals surface area contributed by atoms with Crippen molar-refractivity contribution in [2.75, 3.05) is 18.9 Å². The molecule has 3 aromatic rings. The van der Waals surface area contributed by atoms with Crippen molar-refractivity contribution in [1.82, 2.24) is 24.4 Å². The van der Waals surface area contributed by atoms with Gasteiger partial charge in [0, 0.05) is 32.8 Å². The molecule has 2 aromatic heterocycles. The zero-order chi connectivity index (χ0) is 22.8. The summed E-state index contributed by atoms with van der Waals surface area (Å²) >= 11 is 7.44. The molecule has 1 aliphatic rings. The van der Waals surface area contributed by atoms with E-state index in [-0.39, 0.29) is 34.6 Å². The Hall–Kier alpha value is -2.69. The quantitative estimate of drug-likeness (QED) is 0.427. The van der Waals surface area contributed by atoms with E-state index in [9.17, 15) is 14.4 Å². The first-order valence-electron chi connectivity index (χ1n) is 10.1. The minimum atomic E-state index is -0.518. The number of nitrogens with one attached hydrogen (secondary N) is 1. The van der Waals surface area contributed by atoms with E-state index in [1.54, 1.807) is 24.3 Å². The van der Waals surface area contributed by atoms with Gasteiger partial charge in [-0.15, -0.1) is 0 Å². The predicted octanol–water partition coefficient (Wildman–Crippen LogP) is 1.73. The van der Waals surface area contributed by atoms with Crippen LogP contribution >= 0.6 is 23.4 Å². The van der Waals surface area contributed by atoms with Gasteiger partial charge in [-0.25, -0.2) is 14.8 Å². The van der Waals surface area contributed by atoms with E-state index in [1.807, 2.05) is 0 Å². The molecule has 9 nitrogen and oxygen atoms in total. The van der Waals surface area contributed by atoms with Crippen LogP contribution in [0.15, 0.2) is 38.9 Å². The second-order valence-corrected chi connectivity index (χ2v) is 8.84. The van der Waals surface area contributed by atoms with Crippen molar-refractivity contribution in [3.63, 3.8) is 0 Å². The molecule has 0 saturated carbocycles. The molecule has 0 spiro atoms. The van der Waals surface area contributed by atoms with Gasteiger partial charge >= 0.3 is 5.69 Å². The molecule has 1 atom stereocenters. The standard InChI is InChI=1S/C21H22ClN5O4S/c1-26-18-16(20(29)27(2)21(26)30)19(25-17(24-18)13-7-3-4-8-14(13)22)32-11-15(28)23-10-12-6-5-9-31-12/h3-4,7-8,12H,5-6,9-11H2,1-2H3,(H,23,28)/t12-/m0/s1. The van der Waals surface area contributed by atoms with Crippen LogP contribution in [-0.2, 0) is 23.6 Å². The first-order chi connectivity index (χ1) is 15.4. The zero-order valence-corrected chi connectivity index (χ0v) is 19.2. The van der Waals surface area contributed by atoms with Gasteiger partial charge in [0.15, 0.2) is 11.5 Å². The van der Waals surface area contributed by atoms with Crippen molar-refractivity contribution < 1.29 is 9.53 Å². The summed E-state index contributed by atoms with van der Waals surface area (Å²) in [7, 11) is 2.94. The Morgan fingerprint density at radius 3 is 2.75 bits per heavy atom. The van der Waals surface area contributed by atoms with Crippen LogP contribution in [0.25, 0.3) is 22.4 Å². The van der Waals surface area contributed by atoms with E-state index in [0.717, 1.165) is 35.8 Å². The van der Waals surface area contributed by atoms with Crippen LogP contribution in [0, 0.1) is 0 Å². The fraction of sp³-hybridized carbons (Fsp3) is 0.381. The number of aryl methyl sites for hydroxylation is 1. The number of hydrogen-bond donors (Lipinski definition) is 1. The van der Waals surface area contributed by atoms with Gasteiger partial charge in [0.25, 0.3) is 5.56 Å². The maximum Gasteiger partial charge on any atom is 0.332 e. The van der Waals surface area contributed by atoms with E-state index >= 15 is 0 Å². The second kappa shape index (κ2) is 9.43. The summed E-state index contributed by atoms with van der Waals surface area (Å²) in [6.45, 7) is 1.17. The van der Waals surface area contributed by atoms with Gasteiger partial charge < -0.3 is 10.1 Å². The molecule has 0 aliphatic carbocycles. The van der Waals surface area contributed by atoms with Crippen molar-refractivity contribution in [2.45, 2.75) is 24.0 Å². The molecule has 1 aromatic carbocycles. The van der Waals surface area contributed by atoms with Gasteiger partial charge in [-0.1, -0.05) is 35.5 Å². The fourth-order valence-electron chi connectivity index (χ4n) is 3.51. The largest absolute Gasteiger partial charge is 0.376 e. The lowest BCUT2D eigenvalue weighted by Gasteiger charge is -2.13. The Kier molecular flexibility index (Phi) is 6.63. The fourth-order valence-corrected chi connectivity index (χ4v) is 4.58. The Morgan fingerprint density at radius 2 is 2.03 bits per heavy atom. The average molecular weight is 476 g/mol.